The Kier molecular flexibility index (Phi) is 8.82. The molecule has 31 heavy (non-hydrogen) atoms. The highest BCUT2D eigenvalue weighted by Gasteiger charge is 2.45. The van der Waals surface area contributed by atoms with Crippen molar-refractivity contribution in [3.05, 3.63) is 46.6 Å². The number of allylic oxidation sites excluding steroid dienone is 8. The summed E-state index contributed by atoms with van der Waals surface area (Å²) in [5.74, 6) is 1.76. The first kappa shape index (κ1) is 24.5. The maximum absolute atomic E-state index is 6.45. The van der Waals surface area contributed by atoms with Gasteiger partial charge in [0.2, 0.25) is 0 Å². The Balaban J connectivity index is 1.50. The van der Waals surface area contributed by atoms with Crippen molar-refractivity contribution in [2.24, 2.45) is 23.2 Å². The number of ether oxygens (including phenoxy) is 2. The molecule has 2 nitrogen and oxygen atoms in total. The zero-order valence-electron chi connectivity index (χ0n) is 21.0. The van der Waals surface area contributed by atoms with Gasteiger partial charge in [-0.2, -0.15) is 0 Å². The molecular formula is C29H46O2. The lowest BCUT2D eigenvalue weighted by Gasteiger charge is -2.48. The van der Waals surface area contributed by atoms with Gasteiger partial charge < -0.3 is 9.47 Å². The molecule has 1 heterocycles. The third-order valence-electron chi connectivity index (χ3n) is 7.86. The molecule has 0 aromatic heterocycles. The van der Waals surface area contributed by atoms with Crippen LogP contribution < -0.4 is 0 Å². The lowest BCUT2D eigenvalue weighted by Crippen LogP contribution is -2.49. The summed E-state index contributed by atoms with van der Waals surface area (Å²) < 4.78 is 12.9. The molecule has 0 aromatic rings. The molecule has 0 unspecified atom stereocenters. The third kappa shape index (κ3) is 6.68. The molecule has 3 aliphatic rings. The van der Waals surface area contributed by atoms with Gasteiger partial charge in [0.1, 0.15) is 0 Å². The minimum absolute atomic E-state index is 0.0218. The number of hydrogen-bond acceptors (Lipinski definition) is 2. The Bertz CT molecular complexity index is 707. The van der Waals surface area contributed by atoms with Crippen molar-refractivity contribution in [1.82, 2.24) is 0 Å². The van der Waals surface area contributed by atoms with E-state index in [1.165, 1.54) is 49.7 Å². The van der Waals surface area contributed by atoms with Crippen molar-refractivity contribution in [3.63, 3.8) is 0 Å². The second kappa shape index (κ2) is 11.1. The van der Waals surface area contributed by atoms with Crippen molar-refractivity contribution in [2.45, 2.75) is 99.2 Å². The molecular weight excluding hydrogens is 380 g/mol. The van der Waals surface area contributed by atoms with E-state index in [1.807, 2.05) is 0 Å². The summed E-state index contributed by atoms with van der Waals surface area (Å²) in [4.78, 5) is 0. The van der Waals surface area contributed by atoms with E-state index in [0.717, 1.165) is 26.1 Å². The van der Waals surface area contributed by atoms with Gasteiger partial charge in [0.25, 0.3) is 0 Å². The lowest BCUT2D eigenvalue weighted by atomic mass is 9.67. The first-order valence-corrected chi connectivity index (χ1v) is 12.6. The van der Waals surface area contributed by atoms with Crippen LogP contribution in [0, 0.1) is 23.2 Å². The van der Waals surface area contributed by atoms with Gasteiger partial charge in [0.05, 0.1) is 13.2 Å². The normalized spacial score (nSPS) is 33.5. The Morgan fingerprint density at radius 3 is 2.00 bits per heavy atom. The molecule has 1 fully saturated rings. The molecule has 0 aromatic carbocycles. The largest absolute Gasteiger partial charge is 0.352 e. The molecule has 0 N–H and O–H groups in total. The minimum atomic E-state index is -0.0218. The van der Waals surface area contributed by atoms with Crippen LogP contribution in [0.15, 0.2) is 46.6 Å². The van der Waals surface area contributed by atoms with E-state index in [1.54, 1.807) is 11.1 Å². The molecule has 0 saturated carbocycles. The lowest BCUT2D eigenvalue weighted by molar-refractivity contribution is -0.265. The van der Waals surface area contributed by atoms with Gasteiger partial charge >= 0.3 is 0 Å². The predicted molar refractivity (Wildman–Crippen MR) is 132 cm³/mol. The second-order valence-corrected chi connectivity index (χ2v) is 11.1. The summed E-state index contributed by atoms with van der Waals surface area (Å²) in [6, 6.07) is 0. The quantitative estimate of drug-likeness (QED) is 0.382. The fourth-order valence-corrected chi connectivity index (χ4v) is 5.54. The van der Waals surface area contributed by atoms with Gasteiger partial charge in [-0.1, -0.05) is 60.4 Å². The topological polar surface area (TPSA) is 18.5 Å². The van der Waals surface area contributed by atoms with Crippen LogP contribution in [0.4, 0.5) is 0 Å². The molecule has 0 bridgehead atoms. The molecule has 1 aliphatic heterocycles. The summed E-state index contributed by atoms with van der Waals surface area (Å²) in [6.07, 6.45) is 19.0. The highest BCUT2D eigenvalue weighted by Crippen LogP contribution is 2.46. The van der Waals surface area contributed by atoms with E-state index in [4.69, 9.17) is 9.47 Å². The van der Waals surface area contributed by atoms with Gasteiger partial charge in [-0.15, -0.1) is 0 Å². The number of hydrogen-bond donors (Lipinski definition) is 0. The SMILES string of the molecule is CC(C)=CCCC1=CC[C@@H](C2OCC3(CC=C(CCC=C(C)C)C[C@H]3C)CO2)[C@H](C)C1. The van der Waals surface area contributed by atoms with Crippen molar-refractivity contribution < 1.29 is 9.47 Å². The van der Waals surface area contributed by atoms with Crippen molar-refractivity contribution in [2.75, 3.05) is 13.2 Å². The molecule has 0 radical (unpaired) electrons. The van der Waals surface area contributed by atoms with Crippen LogP contribution in [0.5, 0.6) is 0 Å². The predicted octanol–water partition coefficient (Wildman–Crippen LogP) is 8.17. The highest BCUT2D eigenvalue weighted by molar-refractivity contribution is 5.14. The number of rotatable bonds is 7. The molecule has 1 saturated heterocycles. The van der Waals surface area contributed by atoms with Crippen molar-refractivity contribution in [3.8, 4) is 0 Å². The van der Waals surface area contributed by atoms with E-state index in [2.05, 4.69) is 65.8 Å². The fourth-order valence-electron chi connectivity index (χ4n) is 5.54. The van der Waals surface area contributed by atoms with Gasteiger partial charge in [-0.3, -0.25) is 0 Å². The average molecular weight is 427 g/mol. The van der Waals surface area contributed by atoms with Crippen LogP contribution in [0.2, 0.25) is 0 Å². The summed E-state index contributed by atoms with van der Waals surface area (Å²) in [5, 5.41) is 0. The fraction of sp³-hybridized carbons (Fsp3) is 0.724. The molecule has 1 spiro atoms. The smallest absolute Gasteiger partial charge is 0.160 e. The van der Waals surface area contributed by atoms with E-state index < -0.39 is 0 Å². The standard InChI is InChI=1S/C29H46O2/c1-21(2)9-7-11-25-13-14-27(23(5)17-25)28-30-19-29(20-31-28)16-15-26(18-24(29)6)12-8-10-22(3)4/h9-10,13,15,23-24,27-28H,7-8,11-12,14,16-20H2,1-6H3/t23-,24-,27-,28?,29?/m1/s1. The van der Waals surface area contributed by atoms with E-state index >= 15 is 0 Å². The average Bonchev–Trinajstić information content (AvgIpc) is 2.71. The zero-order chi connectivity index (χ0) is 22.4. The van der Waals surface area contributed by atoms with Crippen LogP contribution in [-0.2, 0) is 9.47 Å². The maximum atomic E-state index is 6.45. The Hall–Kier alpha value is -1.12. The second-order valence-electron chi connectivity index (χ2n) is 11.1. The van der Waals surface area contributed by atoms with Crippen LogP contribution in [0.25, 0.3) is 0 Å². The molecule has 2 heteroatoms. The first-order valence-electron chi connectivity index (χ1n) is 12.6. The molecule has 174 valence electrons. The van der Waals surface area contributed by atoms with Crippen molar-refractivity contribution in [1.29, 1.82) is 0 Å². The van der Waals surface area contributed by atoms with Gasteiger partial charge in [0, 0.05) is 11.3 Å². The summed E-state index contributed by atoms with van der Waals surface area (Å²) in [6.45, 7) is 15.3. The van der Waals surface area contributed by atoms with Gasteiger partial charge in [0.15, 0.2) is 6.29 Å². The monoisotopic (exact) mass is 426 g/mol. The van der Waals surface area contributed by atoms with E-state index in [9.17, 15) is 0 Å². The van der Waals surface area contributed by atoms with Crippen LogP contribution in [0.1, 0.15) is 92.9 Å². The minimum Gasteiger partial charge on any atom is -0.352 e. The zero-order valence-corrected chi connectivity index (χ0v) is 21.0. The summed E-state index contributed by atoms with van der Waals surface area (Å²) >= 11 is 0. The van der Waals surface area contributed by atoms with Crippen LogP contribution >= 0.6 is 0 Å². The Morgan fingerprint density at radius 1 is 0.903 bits per heavy atom. The summed E-state index contributed by atoms with van der Waals surface area (Å²) in [7, 11) is 0. The Labute approximate surface area is 191 Å². The summed E-state index contributed by atoms with van der Waals surface area (Å²) in [5.41, 5.74) is 6.28. The van der Waals surface area contributed by atoms with Gasteiger partial charge in [-0.25, -0.2) is 0 Å². The molecule has 3 atom stereocenters. The molecule has 2 aliphatic carbocycles. The van der Waals surface area contributed by atoms with Crippen LogP contribution in [-0.4, -0.2) is 19.5 Å². The van der Waals surface area contributed by atoms with Crippen LogP contribution in [0.3, 0.4) is 0 Å². The van der Waals surface area contributed by atoms with Gasteiger partial charge in [-0.05, 0) is 90.9 Å². The Morgan fingerprint density at radius 2 is 1.48 bits per heavy atom. The third-order valence-corrected chi connectivity index (χ3v) is 7.86. The van der Waals surface area contributed by atoms with E-state index in [0.29, 0.717) is 17.8 Å². The highest BCUT2D eigenvalue weighted by atomic mass is 16.7. The van der Waals surface area contributed by atoms with Crippen molar-refractivity contribution >= 4 is 0 Å². The molecule has 3 rings (SSSR count). The molecule has 0 amide bonds. The first-order chi connectivity index (χ1) is 14.8. The van der Waals surface area contributed by atoms with E-state index in [-0.39, 0.29) is 11.7 Å². The maximum Gasteiger partial charge on any atom is 0.160 e.